The van der Waals surface area contributed by atoms with E-state index in [4.69, 9.17) is 14.7 Å². The minimum Gasteiger partial charge on any atom is -0.466 e. The number of rotatable bonds is 7. The summed E-state index contributed by atoms with van der Waals surface area (Å²) in [5, 5.41) is 11.8. The first-order valence-corrected chi connectivity index (χ1v) is 5.99. The molecule has 0 aromatic carbocycles. The Morgan fingerprint density at radius 1 is 0.955 bits per heavy atom. The molecule has 0 spiro atoms. The molecule has 0 fully saturated rings. The van der Waals surface area contributed by atoms with Crippen molar-refractivity contribution in [3.05, 3.63) is 0 Å². The summed E-state index contributed by atoms with van der Waals surface area (Å²) in [7, 11) is 1.02. The van der Waals surface area contributed by atoms with E-state index in [2.05, 4.69) is 14.6 Å². The molecule has 10 heteroatoms. The maximum Gasteiger partial charge on any atom is 0.351 e. The number of ether oxygens (including phenoxy) is 4. The molecule has 22 heavy (non-hydrogen) atoms. The van der Waals surface area contributed by atoms with Crippen LogP contribution < -0.4 is 0 Å². The van der Waals surface area contributed by atoms with Crippen molar-refractivity contribution in [3.63, 3.8) is 0 Å². The molecule has 0 heterocycles. The van der Waals surface area contributed by atoms with Crippen molar-refractivity contribution in [1.82, 2.24) is 0 Å². The van der Waals surface area contributed by atoms with Gasteiger partial charge in [-0.15, -0.1) is 0 Å². The third kappa shape index (κ3) is 6.68. The van der Waals surface area contributed by atoms with Crippen molar-refractivity contribution in [1.29, 1.82) is 0 Å². The minimum atomic E-state index is -1.71. The van der Waals surface area contributed by atoms with Crippen LogP contribution in [0.5, 0.6) is 0 Å². The van der Waals surface area contributed by atoms with E-state index in [0.29, 0.717) is 0 Å². The maximum absolute atomic E-state index is 11.7. The summed E-state index contributed by atoms with van der Waals surface area (Å²) in [4.78, 5) is 44.7. The van der Waals surface area contributed by atoms with E-state index in [1.54, 1.807) is 0 Å². The molecule has 0 saturated heterocycles. The summed E-state index contributed by atoms with van der Waals surface area (Å²) in [6.07, 6.45) is -3.33. The normalized spacial score (nSPS) is 13.5. The third-order valence-corrected chi connectivity index (χ3v) is 2.17. The summed E-state index contributed by atoms with van der Waals surface area (Å²) >= 11 is 0. The highest BCUT2D eigenvalue weighted by atomic mass is 16.6. The van der Waals surface area contributed by atoms with Gasteiger partial charge in [0, 0.05) is 20.8 Å². The lowest BCUT2D eigenvalue weighted by Crippen LogP contribution is -2.47. The minimum absolute atomic E-state index is 0.415. The lowest BCUT2D eigenvalue weighted by Gasteiger charge is -2.24. The smallest absolute Gasteiger partial charge is 0.351 e. The number of hydrogen-bond acceptors (Lipinski definition) is 10. The predicted octanol–water partition coefficient (Wildman–Crippen LogP) is -0.584. The summed E-state index contributed by atoms with van der Waals surface area (Å²) in [6.45, 7) is 2.55. The summed E-state index contributed by atoms with van der Waals surface area (Å²) in [5.74, 6) is -3.47. The molecule has 124 valence electrons. The second-order valence-corrected chi connectivity index (χ2v) is 3.95. The lowest BCUT2D eigenvalue weighted by atomic mass is 10.1. The molecular weight excluding hydrogens is 302 g/mol. The quantitative estimate of drug-likeness (QED) is 0.214. The van der Waals surface area contributed by atoms with Crippen molar-refractivity contribution in [2.75, 3.05) is 13.7 Å². The molecule has 0 aliphatic carbocycles. The van der Waals surface area contributed by atoms with Crippen molar-refractivity contribution in [2.24, 2.45) is 5.16 Å². The molecule has 0 bridgehead atoms. The summed E-state index contributed by atoms with van der Waals surface area (Å²) in [6, 6.07) is 0. The zero-order chi connectivity index (χ0) is 17.3. The highest BCUT2D eigenvalue weighted by Gasteiger charge is 2.39. The zero-order valence-corrected chi connectivity index (χ0v) is 12.5. The Morgan fingerprint density at radius 3 is 1.82 bits per heavy atom. The molecule has 0 rings (SSSR count). The number of carbonyl (C=O) groups is 4. The van der Waals surface area contributed by atoms with Gasteiger partial charge in [0.05, 0.1) is 7.11 Å². The Balaban J connectivity index is 5.50. The molecule has 0 radical (unpaired) electrons. The third-order valence-electron chi connectivity index (χ3n) is 2.17. The first-order chi connectivity index (χ1) is 10.2. The van der Waals surface area contributed by atoms with Crippen molar-refractivity contribution < 1.29 is 43.3 Å². The number of oxime groups is 1. The fourth-order valence-electron chi connectivity index (χ4n) is 1.36. The molecule has 2 atom stereocenters. The van der Waals surface area contributed by atoms with Gasteiger partial charge in [-0.1, -0.05) is 5.16 Å². The Kier molecular flexibility index (Phi) is 8.19. The van der Waals surface area contributed by atoms with Gasteiger partial charge in [-0.05, 0) is 0 Å². The van der Waals surface area contributed by atoms with Crippen LogP contribution in [-0.4, -0.2) is 60.7 Å². The molecule has 0 aliphatic rings. The molecule has 0 saturated carbocycles. The standard InChI is InChI=1S/C12H17NO9/c1-6(14)20-5-9(13-18)10(21-7(2)15)11(12(17)19-4)22-8(3)16/h10-11,18H,5H2,1-4H3/b13-9-/t10-,11?/m0/s1. The number of esters is 4. The van der Waals surface area contributed by atoms with E-state index in [1.807, 2.05) is 0 Å². The Bertz CT molecular complexity index is 471. The van der Waals surface area contributed by atoms with Crippen LogP contribution in [0.15, 0.2) is 5.16 Å². The number of hydrogen-bond donors (Lipinski definition) is 1. The van der Waals surface area contributed by atoms with E-state index < -0.39 is 48.4 Å². The molecule has 1 N–H and O–H groups in total. The topological polar surface area (TPSA) is 138 Å². The van der Waals surface area contributed by atoms with E-state index in [0.717, 1.165) is 27.9 Å². The van der Waals surface area contributed by atoms with E-state index in [9.17, 15) is 19.2 Å². The van der Waals surface area contributed by atoms with Crippen LogP contribution in [0.2, 0.25) is 0 Å². The SMILES string of the molecule is COC(=O)C(OC(C)=O)[C@@H](OC(C)=O)/C(COC(C)=O)=N\O. The van der Waals surface area contributed by atoms with E-state index in [1.165, 1.54) is 0 Å². The molecule has 0 aliphatic heterocycles. The molecular formula is C12H17NO9. The van der Waals surface area contributed by atoms with Crippen molar-refractivity contribution >= 4 is 29.6 Å². The van der Waals surface area contributed by atoms with Crippen LogP contribution in [-0.2, 0) is 38.1 Å². The van der Waals surface area contributed by atoms with Gasteiger partial charge in [0.2, 0.25) is 6.10 Å². The van der Waals surface area contributed by atoms with E-state index in [-0.39, 0.29) is 0 Å². The molecule has 0 amide bonds. The molecule has 0 aromatic heterocycles. The largest absolute Gasteiger partial charge is 0.466 e. The lowest BCUT2D eigenvalue weighted by molar-refractivity contribution is -0.175. The van der Waals surface area contributed by atoms with Crippen molar-refractivity contribution in [2.45, 2.75) is 33.0 Å². The van der Waals surface area contributed by atoms with Gasteiger partial charge in [-0.25, -0.2) is 4.79 Å². The summed E-state index contributed by atoms with van der Waals surface area (Å²) < 4.78 is 18.6. The van der Waals surface area contributed by atoms with Gasteiger partial charge >= 0.3 is 23.9 Å². The Hall–Kier alpha value is -2.65. The monoisotopic (exact) mass is 319 g/mol. The fourth-order valence-corrected chi connectivity index (χ4v) is 1.36. The van der Waals surface area contributed by atoms with Crippen LogP contribution in [0.3, 0.4) is 0 Å². The molecule has 10 nitrogen and oxygen atoms in total. The first kappa shape index (κ1) is 19.3. The van der Waals surface area contributed by atoms with E-state index >= 15 is 0 Å². The van der Waals surface area contributed by atoms with Crippen molar-refractivity contribution in [3.8, 4) is 0 Å². The van der Waals surface area contributed by atoms with Gasteiger partial charge in [0.15, 0.2) is 6.10 Å². The van der Waals surface area contributed by atoms with Gasteiger partial charge in [-0.3, -0.25) is 14.4 Å². The van der Waals surface area contributed by atoms with Gasteiger partial charge in [-0.2, -0.15) is 0 Å². The second-order valence-electron chi connectivity index (χ2n) is 3.95. The molecule has 1 unspecified atom stereocenters. The highest BCUT2D eigenvalue weighted by Crippen LogP contribution is 2.11. The Morgan fingerprint density at radius 2 is 1.45 bits per heavy atom. The number of nitrogens with zero attached hydrogens (tertiary/aromatic N) is 1. The van der Waals surface area contributed by atoms with Crippen LogP contribution in [0.4, 0.5) is 0 Å². The molecule has 0 aromatic rings. The number of methoxy groups -OCH3 is 1. The van der Waals surface area contributed by atoms with Crippen LogP contribution >= 0.6 is 0 Å². The first-order valence-electron chi connectivity index (χ1n) is 5.99. The van der Waals surface area contributed by atoms with Crippen LogP contribution in [0.1, 0.15) is 20.8 Å². The van der Waals surface area contributed by atoms with Crippen LogP contribution in [0, 0.1) is 0 Å². The zero-order valence-electron chi connectivity index (χ0n) is 12.5. The average molecular weight is 319 g/mol. The van der Waals surface area contributed by atoms with Gasteiger partial charge in [0.25, 0.3) is 0 Å². The van der Waals surface area contributed by atoms with Crippen LogP contribution in [0.25, 0.3) is 0 Å². The predicted molar refractivity (Wildman–Crippen MR) is 69.0 cm³/mol. The highest BCUT2D eigenvalue weighted by molar-refractivity contribution is 5.97. The maximum atomic E-state index is 11.7. The second kappa shape index (κ2) is 9.32. The number of carbonyl (C=O) groups excluding carboxylic acids is 4. The average Bonchev–Trinajstić information content (AvgIpc) is 2.42. The Labute approximate surface area is 125 Å². The van der Waals surface area contributed by atoms with Gasteiger partial charge < -0.3 is 24.2 Å². The summed E-state index contributed by atoms with van der Waals surface area (Å²) in [5.41, 5.74) is -0.415. The van der Waals surface area contributed by atoms with Gasteiger partial charge in [0.1, 0.15) is 12.3 Å². The fraction of sp³-hybridized carbons (Fsp3) is 0.583.